The van der Waals surface area contributed by atoms with E-state index in [-0.39, 0.29) is 5.91 Å². The second kappa shape index (κ2) is 6.38. The molecule has 0 aromatic rings. The SMILES string of the molecule is CNC(=O)CCN(C)C1CCCC1SC. The van der Waals surface area contributed by atoms with Crippen molar-refractivity contribution >= 4 is 17.7 Å². The second-order valence-electron chi connectivity index (χ2n) is 4.18. The molecule has 1 rings (SSSR count). The van der Waals surface area contributed by atoms with Crippen LogP contribution >= 0.6 is 11.8 Å². The van der Waals surface area contributed by atoms with Gasteiger partial charge in [0.15, 0.2) is 0 Å². The van der Waals surface area contributed by atoms with E-state index in [4.69, 9.17) is 0 Å². The number of carbonyl (C=O) groups is 1. The fourth-order valence-electron chi connectivity index (χ4n) is 2.25. The number of rotatable bonds is 5. The van der Waals surface area contributed by atoms with Crippen molar-refractivity contribution in [1.82, 2.24) is 10.2 Å². The molecule has 2 unspecified atom stereocenters. The third kappa shape index (κ3) is 3.68. The molecule has 1 N–H and O–H groups in total. The van der Waals surface area contributed by atoms with E-state index < -0.39 is 0 Å². The summed E-state index contributed by atoms with van der Waals surface area (Å²) >= 11 is 1.97. The molecule has 1 saturated carbocycles. The third-order valence-corrected chi connectivity index (χ3v) is 4.41. The summed E-state index contributed by atoms with van der Waals surface area (Å²) in [7, 11) is 3.84. The lowest BCUT2D eigenvalue weighted by Gasteiger charge is -2.28. The van der Waals surface area contributed by atoms with Gasteiger partial charge >= 0.3 is 0 Å². The first kappa shape index (κ1) is 12.8. The first-order valence-corrected chi connectivity index (χ1v) is 6.91. The number of carbonyl (C=O) groups excluding carboxylic acids is 1. The van der Waals surface area contributed by atoms with Gasteiger partial charge in [-0.15, -0.1) is 0 Å². The topological polar surface area (TPSA) is 32.3 Å². The molecule has 0 saturated heterocycles. The van der Waals surface area contributed by atoms with Gasteiger partial charge in [0.2, 0.25) is 5.91 Å². The molecule has 0 spiro atoms. The Morgan fingerprint density at radius 2 is 2.27 bits per heavy atom. The Kier molecular flexibility index (Phi) is 5.47. The van der Waals surface area contributed by atoms with E-state index in [2.05, 4.69) is 23.5 Å². The van der Waals surface area contributed by atoms with Gasteiger partial charge in [0.25, 0.3) is 0 Å². The van der Waals surface area contributed by atoms with Gasteiger partial charge in [-0.1, -0.05) is 6.42 Å². The van der Waals surface area contributed by atoms with Crippen LogP contribution < -0.4 is 5.32 Å². The molecule has 0 aromatic heterocycles. The molecule has 0 heterocycles. The molecular weight excluding hydrogens is 208 g/mol. The van der Waals surface area contributed by atoms with E-state index in [0.29, 0.717) is 12.5 Å². The van der Waals surface area contributed by atoms with E-state index >= 15 is 0 Å². The first-order chi connectivity index (χ1) is 7.19. The van der Waals surface area contributed by atoms with Gasteiger partial charge in [0, 0.05) is 31.3 Å². The maximum atomic E-state index is 11.1. The predicted octanol–water partition coefficient (Wildman–Crippen LogP) is 1.34. The van der Waals surface area contributed by atoms with Crippen LogP contribution in [-0.2, 0) is 4.79 Å². The second-order valence-corrected chi connectivity index (χ2v) is 5.25. The highest BCUT2D eigenvalue weighted by atomic mass is 32.2. The number of hydrogen-bond acceptors (Lipinski definition) is 3. The molecule has 3 nitrogen and oxygen atoms in total. The smallest absolute Gasteiger partial charge is 0.221 e. The van der Waals surface area contributed by atoms with Crippen LogP contribution in [0.4, 0.5) is 0 Å². The van der Waals surface area contributed by atoms with E-state index in [1.807, 2.05) is 11.8 Å². The highest BCUT2D eigenvalue weighted by Crippen LogP contribution is 2.31. The normalized spacial score (nSPS) is 25.9. The molecule has 0 aliphatic heterocycles. The lowest BCUT2D eigenvalue weighted by Crippen LogP contribution is -2.38. The van der Waals surface area contributed by atoms with Crippen LogP contribution in [0.1, 0.15) is 25.7 Å². The van der Waals surface area contributed by atoms with Crippen LogP contribution in [0, 0.1) is 0 Å². The summed E-state index contributed by atoms with van der Waals surface area (Å²) in [4.78, 5) is 13.5. The lowest BCUT2D eigenvalue weighted by atomic mass is 10.2. The third-order valence-electron chi connectivity index (χ3n) is 3.26. The van der Waals surface area contributed by atoms with E-state index in [0.717, 1.165) is 11.8 Å². The molecule has 0 aromatic carbocycles. The van der Waals surface area contributed by atoms with Crippen LogP contribution in [0.15, 0.2) is 0 Å². The zero-order chi connectivity index (χ0) is 11.3. The minimum Gasteiger partial charge on any atom is -0.359 e. The molecular formula is C11H22N2OS. The number of amides is 1. The molecule has 0 bridgehead atoms. The molecule has 88 valence electrons. The summed E-state index contributed by atoms with van der Waals surface area (Å²) in [5, 5.41) is 3.43. The van der Waals surface area contributed by atoms with E-state index in [1.54, 1.807) is 7.05 Å². The van der Waals surface area contributed by atoms with Gasteiger partial charge in [-0.25, -0.2) is 0 Å². The van der Waals surface area contributed by atoms with Crippen molar-refractivity contribution < 1.29 is 4.79 Å². The fraction of sp³-hybridized carbons (Fsp3) is 0.909. The number of thioether (sulfide) groups is 1. The van der Waals surface area contributed by atoms with Crippen molar-refractivity contribution in [2.75, 3.05) is 26.9 Å². The number of nitrogens with zero attached hydrogens (tertiary/aromatic N) is 1. The van der Waals surface area contributed by atoms with Crippen LogP contribution in [0.5, 0.6) is 0 Å². The minimum atomic E-state index is 0.139. The molecule has 15 heavy (non-hydrogen) atoms. The predicted molar refractivity (Wildman–Crippen MR) is 66.3 cm³/mol. The summed E-state index contributed by atoms with van der Waals surface area (Å²) < 4.78 is 0. The van der Waals surface area contributed by atoms with Gasteiger partial charge in [-0.05, 0) is 26.1 Å². The summed E-state index contributed by atoms with van der Waals surface area (Å²) in [5.74, 6) is 0.139. The van der Waals surface area contributed by atoms with Gasteiger partial charge in [-0.2, -0.15) is 11.8 Å². The monoisotopic (exact) mass is 230 g/mol. The Balaban J connectivity index is 2.32. The van der Waals surface area contributed by atoms with Crippen molar-refractivity contribution in [3.63, 3.8) is 0 Å². The Hall–Kier alpha value is -0.220. The molecule has 2 atom stereocenters. The Morgan fingerprint density at radius 1 is 1.53 bits per heavy atom. The molecule has 1 aliphatic carbocycles. The van der Waals surface area contributed by atoms with E-state index in [9.17, 15) is 4.79 Å². The number of nitrogens with one attached hydrogen (secondary N) is 1. The Morgan fingerprint density at radius 3 is 2.87 bits per heavy atom. The number of hydrogen-bond donors (Lipinski definition) is 1. The first-order valence-electron chi connectivity index (χ1n) is 5.62. The Bertz CT molecular complexity index is 211. The summed E-state index contributed by atoms with van der Waals surface area (Å²) in [6.45, 7) is 0.876. The fourth-order valence-corrected chi connectivity index (χ4v) is 3.31. The largest absolute Gasteiger partial charge is 0.359 e. The standard InChI is InChI=1S/C11H22N2OS/c1-12-11(14)7-8-13(2)9-5-4-6-10(9)15-3/h9-10H,4-8H2,1-3H3,(H,12,14). The average Bonchev–Trinajstić information content (AvgIpc) is 2.73. The van der Waals surface area contributed by atoms with Crippen LogP contribution in [0.25, 0.3) is 0 Å². The van der Waals surface area contributed by atoms with Crippen LogP contribution in [0.2, 0.25) is 0 Å². The van der Waals surface area contributed by atoms with Crippen molar-refractivity contribution in [2.24, 2.45) is 0 Å². The summed E-state index contributed by atoms with van der Waals surface area (Å²) in [6.07, 6.45) is 6.76. The van der Waals surface area contributed by atoms with Gasteiger partial charge in [-0.3, -0.25) is 4.79 Å². The van der Waals surface area contributed by atoms with Crippen LogP contribution in [-0.4, -0.2) is 49.0 Å². The quantitative estimate of drug-likeness (QED) is 0.773. The molecule has 4 heteroatoms. The summed E-state index contributed by atoms with van der Waals surface area (Å²) in [5.41, 5.74) is 0. The van der Waals surface area contributed by atoms with Gasteiger partial charge in [0.1, 0.15) is 0 Å². The average molecular weight is 230 g/mol. The van der Waals surface area contributed by atoms with Crippen molar-refractivity contribution in [3.8, 4) is 0 Å². The Labute approximate surface area is 97.0 Å². The maximum Gasteiger partial charge on any atom is 0.221 e. The van der Waals surface area contributed by atoms with Crippen molar-refractivity contribution in [3.05, 3.63) is 0 Å². The van der Waals surface area contributed by atoms with Crippen molar-refractivity contribution in [2.45, 2.75) is 37.0 Å². The van der Waals surface area contributed by atoms with Crippen LogP contribution in [0.3, 0.4) is 0 Å². The zero-order valence-corrected chi connectivity index (χ0v) is 10.8. The summed E-state index contributed by atoms with van der Waals surface area (Å²) in [6, 6.07) is 0.671. The molecule has 1 amide bonds. The molecule has 1 fully saturated rings. The van der Waals surface area contributed by atoms with E-state index in [1.165, 1.54) is 19.3 Å². The molecule has 0 radical (unpaired) electrons. The lowest BCUT2D eigenvalue weighted by molar-refractivity contribution is -0.120. The van der Waals surface area contributed by atoms with Gasteiger partial charge < -0.3 is 10.2 Å². The minimum absolute atomic E-state index is 0.139. The zero-order valence-electron chi connectivity index (χ0n) is 9.95. The van der Waals surface area contributed by atoms with Gasteiger partial charge in [0.05, 0.1) is 0 Å². The highest BCUT2D eigenvalue weighted by molar-refractivity contribution is 7.99. The maximum absolute atomic E-state index is 11.1. The van der Waals surface area contributed by atoms with Crippen molar-refractivity contribution in [1.29, 1.82) is 0 Å². The molecule has 1 aliphatic rings. The highest BCUT2D eigenvalue weighted by Gasteiger charge is 2.29.